The zero-order valence-electron chi connectivity index (χ0n) is 21.7. The fraction of sp³-hybridized carbons (Fsp3) is 0.400. The molecule has 36 heavy (non-hydrogen) atoms. The van der Waals surface area contributed by atoms with E-state index in [1.54, 1.807) is 12.1 Å². The summed E-state index contributed by atoms with van der Waals surface area (Å²) in [5.41, 5.74) is 3.95. The van der Waals surface area contributed by atoms with Crippen LogP contribution in [0.1, 0.15) is 58.6 Å². The molecule has 2 atom stereocenters. The molecule has 0 spiro atoms. The molecule has 1 fully saturated rings. The third-order valence-corrected chi connectivity index (χ3v) is 7.62. The quantitative estimate of drug-likeness (QED) is 0.356. The van der Waals surface area contributed by atoms with Crippen LogP contribution in [0, 0.1) is 11.7 Å². The van der Waals surface area contributed by atoms with Gasteiger partial charge in [-0.1, -0.05) is 69.6 Å². The third kappa shape index (κ3) is 4.50. The van der Waals surface area contributed by atoms with E-state index in [0.717, 1.165) is 35.9 Å². The first-order chi connectivity index (χ1) is 17.1. The minimum absolute atomic E-state index is 0.0711. The molecular weight excluding hydrogens is 471 g/mol. The van der Waals surface area contributed by atoms with E-state index >= 15 is 0 Å². The average molecular weight is 505 g/mol. The Morgan fingerprint density at radius 2 is 1.69 bits per heavy atom. The number of piperidine rings is 1. The van der Waals surface area contributed by atoms with Crippen molar-refractivity contribution in [3.05, 3.63) is 76.6 Å². The molecule has 3 heterocycles. The van der Waals surface area contributed by atoms with E-state index in [0.29, 0.717) is 34.9 Å². The topological polar surface area (TPSA) is 31.7 Å². The monoisotopic (exact) mass is 504 g/mol. The van der Waals surface area contributed by atoms with Crippen molar-refractivity contribution in [2.45, 2.75) is 58.9 Å². The second-order valence-electron chi connectivity index (χ2n) is 11.2. The number of nitrogens with zero attached hydrogens (tertiary/aromatic N) is 4. The van der Waals surface area contributed by atoms with Crippen molar-refractivity contribution >= 4 is 28.9 Å². The van der Waals surface area contributed by atoms with E-state index in [-0.39, 0.29) is 11.2 Å². The van der Waals surface area contributed by atoms with Crippen LogP contribution >= 0.6 is 11.6 Å². The fourth-order valence-corrected chi connectivity index (χ4v) is 5.60. The number of para-hydroxylation sites is 1. The second-order valence-corrected chi connectivity index (χ2v) is 11.6. The summed E-state index contributed by atoms with van der Waals surface area (Å²) in [6.07, 6.45) is 2.34. The van der Waals surface area contributed by atoms with Gasteiger partial charge in [-0.3, -0.25) is 0 Å². The van der Waals surface area contributed by atoms with Crippen LogP contribution < -0.4 is 4.90 Å². The number of fused-ring (bicyclic) bond motifs is 1. The van der Waals surface area contributed by atoms with Gasteiger partial charge in [0.25, 0.3) is 0 Å². The number of hydrogen-bond acceptors (Lipinski definition) is 4. The number of aromatic nitrogens is 1. The summed E-state index contributed by atoms with van der Waals surface area (Å²) >= 11 is 6.81. The summed E-state index contributed by atoms with van der Waals surface area (Å²) < 4.78 is 14.8. The Morgan fingerprint density at radius 3 is 2.44 bits per heavy atom. The van der Waals surface area contributed by atoms with Gasteiger partial charge in [0.1, 0.15) is 24.1 Å². The van der Waals surface area contributed by atoms with Crippen LogP contribution in [-0.2, 0) is 5.41 Å². The first-order valence-electron chi connectivity index (χ1n) is 12.8. The van der Waals surface area contributed by atoms with Gasteiger partial charge in [-0.2, -0.15) is 0 Å². The van der Waals surface area contributed by atoms with Gasteiger partial charge in [-0.25, -0.2) is 14.4 Å². The Bertz CT molecular complexity index is 1310. The normalized spacial score (nSPS) is 20.2. The Morgan fingerprint density at radius 1 is 0.972 bits per heavy atom. The minimum Gasteiger partial charge on any atom is -0.353 e. The van der Waals surface area contributed by atoms with Crippen LogP contribution in [0.2, 0.25) is 5.02 Å². The maximum absolute atomic E-state index is 14.8. The Kier molecular flexibility index (Phi) is 6.54. The molecule has 6 heteroatoms. The highest BCUT2D eigenvalue weighted by molar-refractivity contribution is 6.33. The molecule has 2 aromatic carbocycles. The number of hydrogen-bond donors (Lipinski definition) is 0. The fourth-order valence-electron chi connectivity index (χ4n) is 5.34. The lowest BCUT2D eigenvalue weighted by molar-refractivity contribution is 0.207. The summed E-state index contributed by atoms with van der Waals surface area (Å²) in [6.45, 7) is 12.6. The molecule has 188 valence electrons. The van der Waals surface area contributed by atoms with E-state index in [4.69, 9.17) is 21.6 Å². The molecule has 0 bridgehead atoms. The molecule has 0 radical (unpaired) electrons. The molecule has 0 amide bonds. The molecule has 1 saturated heterocycles. The Labute approximate surface area is 218 Å². The standard InChI is InChI=1S/C30H34ClFN4/c1-19-14-15-20(2)35(17-19)28-22-16-24(31)27(21-10-6-8-12-25(21)32)34-29(22)36(18-33-28)26-13-9-7-11-23(26)30(3,4)5/h6-13,16,19-20H,14-15,17-18H2,1-5H3/t19-,20-/m0/s1. The number of aliphatic imine (C=N–C) groups is 1. The maximum Gasteiger partial charge on any atom is 0.146 e. The van der Waals surface area contributed by atoms with Crippen LogP contribution in [0.25, 0.3) is 11.3 Å². The van der Waals surface area contributed by atoms with Gasteiger partial charge in [0, 0.05) is 23.8 Å². The number of benzene rings is 2. The van der Waals surface area contributed by atoms with Crippen LogP contribution in [0.5, 0.6) is 0 Å². The van der Waals surface area contributed by atoms with Crippen molar-refractivity contribution in [3.63, 3.8) is 0 Å². The van der Waals surface area contributed by atoms with Gasteiger partial charge in [0.15, 0.2) is 0 Å². The molecule has 4 nitrogen and oxygen atoms in total. The van der Waals surface area contributed by atoms with Gasteiger partial charge in [-0.05, 0) is 60.9 Å². The lowest BCUT2D eigenvalue weighted by Gasteiger charge is -2.42. The lowest BCUT2D eigenvalue weighted by atomic mass is 9.85. The van der Waals surface area contributed by atoms with Gasteiger partial charge in [0.2, 0.25) is 0 Å². The maximum atomic E-state index is 14.8. The highest BCUT2D eigenvalue weighted by Gasteiger charge is 2.34. The van der Waals surface area contributed by atoms with E-state index in [1.165, 1.54) is 18.1 Å². The first kappa shape index (κ1) is 24.8. The number of pyridine rings is 1. The molecule has 5 rings (SSSR count). The minimum atomic E-state index is -0.336. The summed E-state index contributed by atoms with van der Waals surface area (Å²) in [5, 5.41) is 0.426. The summed E-state index contributed by atoms with van der Waals surface area (Å²) in [5.74, 6) is 1.96. The van der Waals surface area contributed by atoms with Crippen LogP contribution in [0.3, 0.4) is 0 Å². The van der Waals surface area contributed by atoms with Gasteiger partial charge >= 0.3 is 0 Å². The SMILES string of the molecule is C[C@H]1CC[C@H](C)N(C2=NCN(c3ccccc3C(C)(C)C)c3nc(-c4ccccc4F)c(Cl)cc32)C1. The molecular formula is C30H34ClFN4. The molecule has 2 aliphatic heterocycles. The van der Waals surface area contributed by atoms with Gasteiger partial charge in [0.05, 0.1) is 16.3 Å². The third-order valence-electron chi connectivity index (χ3n) is 7.34. The predicted octanol–water partition coefficient (Wildman–Crippen LogP) is 7.81. The van der Waals surface area contributed by atoms with Crippen molar-refractivity contribution in [1.82, 2.24) is 9.88 Å². The molecule has 0 unspecified atom stereocenters. The zero-order chi connectivity index (χ0) is 25.6. The van der Waals surface area contributed by atoms with Gasteiger partial charge in [-0.15, -0.1) is 0 Å². The van der Waals surface area contributed by atoms with E-state index < -0.39 is 0 Å². The summed E-state index contributed by atoms with van der Waals surface area (Å²) in [4.78, 5) is 14.7. The summed E-state index contributed by atoms with van der Waals surface area (Å²) in [7, 11) is 0. The van der Waals surface area contributed by atoms with Crippen LogP contribution in [0.4, 0.5) is 15.9 Å². The van der Waals surface area contributed by atoms with Crippen LogP contribution in [0.15, 0.2) is 59.6 Å². The largest absolute Gasteiger partial charge is 0.353 e. The summed E-state index contributed by atoms with van der Waals surface area (Å²) in [6, 6.07) is 17.4. The van der Waals surface area contributed by atoms with Crippen molar-refractivity contribution in [1.29, 1.82) is 0 Å². The Hall–Kier alpha value is -2.92. The molecule has 0 saturated carbocycles. The smallest absolute Gasteiger partial charge is 0.146 e. The number of anilines is 2. The van der Waals surface area contributed by atoms with Crippen molar-refractivity contribution < 1.29 is 4.39 Å². The molecule has 0 N–H and O–H groups in total. The first-order valence-corrected chi connectivity index (χ1v) is 13.2. The molecule has 0 aliphatic carbocycles. The zero-order valence-corrected chi connectivity index (χ0v) is 22.5. The highest BCUT2D eigenvalue weighted by atomic mass is 35.5. The number of halogens is 2. The van der Waals surface area contributed by atoms with E-state index in [2.05, 4.69) is 62.6 Å². The van der Waals surface area contributed by atoms with Crippen molar-refractivity contribution in [3.8, 4) is 11.3 Å². The highest BCUT2D eigenvalue weighted by Crippen LogP contribution is 2.41. The van der Waals surface area contributed by atoms with Gasteiger partial charge < -0.3 is 9.80 Å². The van der Waals surface area contributed by atoms with Crippen molar-refractivity contribution in [2.24, 2.45) is 10.9 Å². The second kappa shape index (κ2) is 9.51. The Balaban J connectivity index is 1.71. The lowest BCUT2D eigenvalue weighted by Crippen LogP contribution is -2.47. The van der Waals surface area contributed by atoms with E-state index in [9.17, 15) is 4.39 Å². The predicted molar refractivity (Wildman–Crippen MR) is 148 cm³/mol. The van der Waals surface area contributed by atoms with E-state index in [1.807, 2.05) is 18.2 Å². The molecule has 3 aromatic rings. The number of amidine groups is 1. The number of rotatable bonds is 2. The molecule has 1 aromatic heterocycles. The number of likely N-dealkylation sites (tertiary alicyclic amines) is 1. The van der Waals surface area contributed by atoms with Crippen molar-refractivity contribution in [2.75, 3.05) is 18.1 Å². The van der Waals surface area contributed by atoms with Crippen LogP contribution in [-0.4, -0.2) is 35.0 Å². The average Bonchev–Trinajstić information content (AvgIpc) is 2.84. The molecule has 2 aliphatic rings.